The van der Waals surface area contributed by atoms with Crippen LogP contribution in [0.25, 0.3) is 0 Å². The first-order chi connectivity index (χ1) is 11.6. The lowest BCUT2D eigenvalue weighted by Crippen LogP contribution is -2.26. The van der Waals surface area contributed by atoms with E-state index in [4.69, 9.17) is 0 Å². The summed E-state index contributed by atoms with van der Waals surface area (Å²) in [6.07, 6.45) is -2.65. The Balaban J connectivity index is 1.79. The van der Waals surface area contributed by atoms with Crippen molar-refractivity contribution in [2.45, 2.75) is 24.4 Å². The standard InChI is InChI=1S/C14H17F3N2O4S2/c15-14(16,17)9-23-13-10(2-1-4-18-13)6-19-12(20)7-24-11-3-5-25(21,22)8-11/h1-2,4,11H,3,5-9H2,(H,19,20)/t11-/m1/s1. The Morgan fingerprint density at radius 3 is 2.84 bits per heavy atom. The van der Waals surface area contributed by atoms with E-state index >= 15 is 0 Å². The fourth-order valence-electron chi connectivity index (χ4n) is 2.17. The van der Waals surface area contributed by atoms with E-state index in [1.807, 2.05) is 0 Å². The van der Waals surface area contributed by atoms with Crippen molar-refractivity contribution in [2.75, 3.05) is 23.9 Å². The van der Waals surface area contributed by atoms with Crippen LogP contribution in [0.5, 0.6) is 5.88 Å². The van der Waals surface area contributed by atoms with Crippen LogP contribution in [0.15, 0.2) is 18.3 Å². The maximum Gasteiger partial charge on any atom is 0.422 e. The Morgan fingerprint density at radius 1 is 1.44 bits per heavy atom. The van der Waals surface area contributed by atoms with E-state index in [0.29, 0.717) is 12.0 Å². The van der Waals surface area contributed by atoms with Gasteiger partial charge < -0.3 is 10.1 Å². The summed E-state index contributed by atoms with van der Waals surface area (Å²) in [5, 5.41) is 2.47. The highest BCUT2D eigenvalue weighted by Crippen LogP contribution is 2.24. The number of alkyl halides is 3. The SMILES string of the molecule is O=C(CS[C@@H]1CCS(=O)(=O)C1)NCc1cccnc1OCC(F)(F)F. The third kappa shape index (κ3) is 7.10. The molecule has 0 aromatic carbocycles. The van der Waals surface area contributed by atoms with Crippen molar-refractivity contribution in [3.05, 3.63) is 23.9 Å². The molecular weight excluding hydrogens is 381 g/mol. The van der Waals surface area contributed by atoms with Crippen molar-refractivity contribution in [3.63, 3.8) is 0 Å². The number of ether oxygens (including phenoxy) is 1. The van der Waals surface area contributed by atoms with Gasteiger partial charge in [-0.15, -0.1) is 11.8 Å². The van der Waals surface area contributed by atoms with Gasteiger partial charge >= 0.3 is 6.18 Å². The first kappa shape index (κ1) is 19.8. The van der Waals surface area contributed by atoms with Gasteiger partial charge in [-0.25, -0.2) is 13.4 Å². The molecular formula is C14H17F3N2O4S2. The molecule has 1 amide bonds. The smallest absolute Gasteiger partial charge is 0.422 e. The van der Waals surface area contributed by atoms with Crippen molar-refractivity contribution in [2.24, 2.45) is 0 Å². The van der Waals surface area contributed by atoms with Crippen molar-refractivity contribution in [1.29, 1.82) is 0 Å². The van der Waals surface area contributed by atoms with Crippen LogP contribution in [0.4, 0.5) is 13.2 Å². The van der Waals surface area contributed by atoms with E-state index in [0.717, 1.165) is 0 Å². The number of carbonyl (C=O) groups is 1. The Labute approximate surface area is 147 Å². The Morgan fingerprint density at radius 2 is 2.20 bits per heavy atom. The number of aromatic nitrogens is 1. The van der Waals surface area contributed by atoms with Gasteiger partial charge in [-0.05, 0) is 12.5 Å². The Bertz CT molecular complexity index is 710. The number of pyridine rings is 1. The predicted octanol–water partition coefficient (Wildman–Crippen LogP) is 1.56. The lowest BCUT2D eigenvalue weighted by Gasteiger charge is -2.13. The summed E-state index contributed by atoms with van der Waals surface area (Å²) >= 11 is 1.26. The van der Waals surface area contributed by atoms with E-state index in [1.54, 1.807) is 0 Å². The quantitative estimate of drug-likeness (QED) is 0.750. The number of nitrogens with one attached hydrogen (secondary N) is 1. The maximum atomic E-state index is 12.2. The van der Waals surface area contributed by atoms with E-state index in [9.17, 15) is 26.4 Å². The topological polar surface area (TPSA) is 85.4 Å². The molecule has 0 spiro atoms. The molecule has 0 radical (unpaired) electrons. The van der Waals surface area contributed by atoms with E-state index < -0.39 is 22.6 Å². The predicted molar refractivity (Wildman–Crippen MR) is 87.2 cm³/mol. The zero-order chi connectivity index (χ0) is 18.5. The fraction of sp³-hybridized carbons (Fsp3) is 0.571. The number of rotatable bonds is 7. The molecule has 1 saturated heterocycles. The van der Waals surface area contributed by atoms with Gasteiger partial charge in [0.05, 0.1) is 17.3 Å². The summed E-state index contributed by atoms with van der Waals surface area (Å²) < 4.78 is 64.0. The van der Waals surface area contributed by atoms with Gasteiger partial charge in [0.1, 0.15) is 0 Å². The van der Waals surface area contributed by atoms with Crippen molar-refractivity contribution in [3.8, 4) is 5.88 Å². The molecule has 1 fully saturated rings. The van der Waals surface area contributed by atoms with Gasteiger partial charge in [0, 0.05) is 23.6 Å². The van der Waals surface area contributed by atoms with Crippen LogP contribution in [0.1, 0.15) is 12.0 Å². The number of hydrogen-bond donors (Lipinski definition) is 1. The molecule has 0 bridgehead atoms. The number of thioether (sulfide) groups is 1. The number of amides is 1. The molecule has 0 aliphatic carbocycles. The molecule has 1 aliphatic rings. The first-order valence-corrected chi connectivity index (χ1v) is 10.2. The molecule has 1 atom stereocenters. The lowest BCUT2D eigenvalue weighted by molar-refractivity contribution is -0.154. The average Bonchev–Trinajstić information content (AvgIpc) is 2.88. The van der Waals surface area contributed by atoms with Gasteiger partial charge in [0.15, 0.2) is 16.4 Å². The molecule has 2 rings (SSSR count). The Hall–Kier alpha value is -1.49. The summed E-state index contributed by atoms with van der Waals surface area (Å²) in [4.78, 5) is 15.6. The number of nitrogens with zero attached hydrogens (tertiary/aromatic N) is 1. The number of carbonyl (C=O) groups excluding carboxylic acids is 1. The van der Waals surface area contributed by atoms with Crippen LogP contribution in [-0.4, -0.2) is 54.6 Å². The third-order valence-electron chi connectivity index (χ3n) is 3.34. The minimum absolute atomic E-state index is 0.0244. The Kier molecular flexibility index (Phi) is 6.55. The molecule has 6 nitrogen and oxygen atoms in total. The number of halogens is 3. The normalized spacial score (nSPS) is 19.6. The number of hydrogen-bond acceptors (Lipinski definition) is 6. The van der Waals surface area contributed by atoms with Crippen molar-refractivity contribution < 1.29 is 31.1 Å². The molecule has 0 unspecified atom stereocenters. The average molecular weight is 398 g/mol. The second kappa shape index (κ2) is 8.26. The first-order valence-electron chi connectivity index (χ1n) is 7.37. The van der Waals surface area contributed by atoms with Crippen LogP contribution in [0.3, 0.4) is 0 Å². The zero-order valence-corrected chi connectivity index (χ0v) is 14.7. The van der Waals surface area contributed by atoms with Crippen LogP contribution >= 0.6 is 11.8 Å². The van der Waals surface area contributed by atoms with Crippen LogP contribution in [0.2, 0.25) is 0 Å². The largest absolute Gasteiger partial charge is 0.468 e. The van der Waals surface area contributed by atoms with Crippen LogP contribution in [0, 0.1) is 0 Å². The summed E-state index contributed by atoms with van der Waals surface area (Å²) in [7, 11) is -2.99. The van der Waals surface area contributed by atoms with Gasteiger partial charge in [0.25, 0.3) is 0 Å². The minimum atomic E-state index is -4.48. The lowest BCUT2D eigenvalue weighted by atomic mass is 10.2. The minimum Gasteiger partial charge on any atom is -0.468 e. The molecule has 140 valence electrons. The molecule has 0 saturated carbocycles. The highest BCUT2D eigenvalue weighted by molar-refractivity contribution is 8.02. The summed E-state index contributed by atoms with van der Waals surface area (Å²) in [6, 6.07) is 3.04. The molecule has 1 N–H and O–H groups in total. The summed E-state index contributed by atoms with van der Waals surface area (Å²) in [5.74, 6) is -0.223. The summed E-state index contributed by atoms with van der Waals surface area (Å²) in [5.41, 5.74) is 0.327. The van der Waals surface area contributed by atoms with Gasteiger partial charge in [-0.3, -0.25) is 4.79 Å². The maximum absolute atomic E-state index is 12.2. The fourth-order valence-corrected chi connectivity index (χ4v) is 5.64. The number of sulfone groups is 1. The van der Waals surface area contributed by atoms with Crippen LogP contribution < -0.4 is 10.1 Å². The molecule has 11 heteroatoms. The highest BCUT2D eigenvalue weighted by Gasteiger charge is 2.29. The van der Waals surface area contributed by atoms with E-state index in [1.165, 1.54) is 30.1 Å². The molecule has 1 aromatic heterocycles. The summed E-state index contributed by atoms with van der Waals surface area (Å²) in [6.45, 7) is -1.49. The van der Waals surface area contributed by atoms with Crippen molar-refractivity contribution in [1.82, 2.24) is 10.3 Å². The second-order valence-corrected chi connectivity index (χ2v) is 9.00. The van der Waals surface area contributed by atoms with E-state index in [2.05, 4.69) is 15.0 Å². The molecule has 25 heavy (non-hydrogen) atoms. The molecule has 2 heterocycles. The second-order valence-electron chi connectivity index (χ2n) is 5.48. The van der Waals surface area contributed by atoms with Gasteiger partial charge in [-0.2, -0.15) is 13.2 Å². The highest BCUT2D eigenvalue weighted by atomic mass is 32.2. The molecule has 1 aromatic rings. The third-order valence-corrected chi connectivity index (χ3v) is 6.62. The van der Waals surface area contributed by atoms with Gasteiger partial charge in [-0.1, -0.05) is 6.07 Å². The van der Waals surface area contributed by atoms with Crippen LogP contribution in [-0.2, 0) is 21.2 Å². The van der Waals surface area contributed by atoms with Crippen molar-refractivity contribution >= 4 is 27.5 Å². The van der Waals surface area contributed by atoms with E-state index in [-0.39, 0.29) is 40.8 Å². The monoisotopic (exact) mass is 398 g/mol. The zero-order valence-electron chi connectivity index (χ0n) is 13.1. The van der Waals surface area contributed by atoms with Gasteiger partial charge in [0.2, 0.25) is 11.8 Å². The molecule has 1 aliphatic heterocycles.